The smallest absolute Gasteiger partial charge is 0.241 e. The van der Waals surface area contributed by atoms with Crippen LogP contribution in [0.1, 0.15) is 13.3 Å². The van der Waals surface area contributed by atoms with Crippen molar-refractivity contribution in [1.82, 2.24) is 4.90 Å². The second-order valence-electron chi connectivity index (χ2n) is 5.04. The van der Waals surface area contributed by atoms with Gasteiger partial charge in [-0.3, -0.25) is 9.69 Å². The number of carbonyl (C=O) groups excluding carboxylic acids is 1. The third-order valence-electron chi connectivity index (χ3n) is 3.71. The summed E-state index contributed by atoms with van der Waals surface area (Å²) in [4.78, 5) is 14.2. The molecule has 1 aromatic rings. The maximum Gasteiger partial charge on any atom is 0.241 e. The van der Waals surface area contributed by atoms with Gasteiger partial charge < -0.3 is 15.8 Å². The monoisotopic (exact) mass is 281 g/mol. The van der Waals surface area contributed by atoms with Gasteiger partial charge in [0.05, 0.1) is 23.5 Å². The lowest BCUT2D eigenvalue weighted by atomic mass is 10.2. The number of benzene rings is 1. The first kappa shape index (κ1) is 14.7. The Balaban J connectivity index is 1.97. The number of nitrogen functional groups attached to an aromatic ring is 1. The van der Waals surface area contributed by atoms with Crippen LogP contribution in [0.5, 0.6) is 0 Å². The summed E-state index contributed by atoms with van der Waals surface area (Å²) in [6, 6.07) is 3.65. The molecule has 1 aliphatic heterocycles. The molecule has 0 saturated carbocycles. The fourth-order valence-electron chi connectivity index (χ4n) is 2.35. The number of nitrogens with zero attached hydrogens (tertiary/aromatic N) is 1. The highest BCUT2D eigenvalue weighted by Crippen LogP contribution is 2.21. The molecule has 1 saturated heterocycles. The quantitative estimate of drug-likeness (QED) is 0.820. The second-order valence-corrected chi connectivity index (χ2v) is 5.04. The molecule has 6 heteroatoms. The molecule has 2 rings (SSSR count). The van der Waals surface area contributed by atoms with Gasteiger partial charge in [0.25, 0.3) is 0 Å². The van der Waals surface area contributed by atoms with Gasteiger partial charge in [0.15, 0.2) is 0 Å². The van der Waals surface area contributed by atoms with Gasteiger partial charge >= 0.3 is 0 Å². The van der Waals surface area contributed by atoms with Gasteiger partial charge in [-0.05, 0) is 31.5 Å². The van der Waals surface area contributed by atoms with Crippen LogP contribution < -0.4 is 11.1 Å². The minimum absolute atomic E-state index is 0.153. The minimum atomic E-state index is -0.420. The number of halogens is 1. The second kappa shape index (κ2) is 6.19. The summed E-state index contributed by atoms with van der Waals surface area (Å²) in [5.74, 6) is -0.573. The van der Waals surface area contributed by atoms with Crippen LogP contribution in [-0.4, -0.2) is 43.2 Å². The molecule has 0 radical (unpaired) electrons. The highest BCUT2D eigenvalue weighted by molar-refractivity contribution is 5.97. The Labute approximate surface area is 117 Å². The SMILES string of the molecule is COC1CCN(C(C)C(=O)Nc2ccc(F)cc2N)C1. The normalized spacial score (nSPS) is 20.9. The van der Waals surface area contributed by atoms with Gasteiger partial charge in [-0.15, -0.1) is 0 Å². The van der Waals surface area contributed by atoms with Crippen LogP contribution in [0.4, 0.5) is 15.8 Å². The molecule has 1 aliphatic rings. The van der Waals surface area contributed by atoms with Crippen LogP contribution in [0.2, 0.25) is 0 Å². The first-order chi connectivity index (χ1) is 9.51. The van der Waals surface area contributed by atoms with Crippen molar-refractivity contribution in [2.24, 2.45) is 0 Å². The van der Waals surface area contributed by atoms with E-state index in [1.165, 1.54) is 18.2 Å². The molecule has 2 atom stereocenters. The third kappa shape index (κ3) is 3.26. The Hall–Kier alpha value is -1.66. The Morgan fingerprint density at radius 2 is 2.35 bits per heavy atom. The fraction of sp³-hybridized carbons (Fsp3) is 0.500. The number of amides is 1. The number of rotatable bonds is 4. The van der Waals surface area contributed by atoms with E-state index < -0.39 is 5.82 Å². The topological polar surface area (TPSA) is 67.6 Å². The molecular formula is C14H20FN3O2. The Morgan fingerprint density at radius 3 is 2.95 bits per heavy atom. The lowest BCUT2D eigenvalue weighted by Gasteiger charge is -2.23. The molecule has 2 unspecified atom stereocenters. The number of ether oxygens (including phenoxy) is 1. The molecular weight excluding hydrogens is 261 g/mol. The van der Waals surface area contributed by atoms with Crippen molar-refractivity contribution in [3.8, 4) is 0 Å². The van der Waals surface area contributed by atoms with Gasteiger partial charge in [0.2, 0.25) is 5.91 Å². The van der Waals surface area contributed by atoms with E-state index >= 15 is 0 Å². The number of hydrogen-bond acceptors (Lipinski definition) is 4. The summed E-state index contributed by atoms with van der Waals surface area (Å²) < 4.78 is 18.2. The van der Waals surface area contributed by atoms with Crippen molar-refractivity contribution >= 4 is 17.3 Å². The van der Waals surface area contributed by atoms with E-state index in [1.54, 1.807) is 7.11 Å². The highest BCUT2D eigenvalue weighted by atomic mass is 19.1. The molecule has 0 aromatic heterocycles. The molecule has 1 aromatic carbocycles. The average Bonchev–Trinajstić information content (AvgIpc) is 2.89. The van der Waals surface area contributed by atoms with Gasteiger partial charge in [0.1, 0.15) is 5.82 Å². The first-order valence-corrected chi connectivity index (χ1v) is 6.64. The van der Waals surface area contributed by atoms with Crippen LogP contribution in [-0.2, 0) is 9.53 Å². The van der Waals surface area contributed by atoms with Gasteiger partial charge in [-0.1, -0.05) is 0 Å². The van der Waals surface area contributed by atoms with E-state index in [9.17, 15) is 9.18 Å². The van der Waals surface area contributed by atoms with Crippen molar-refractivity contribution in [2.45, 2.75) is 25.5 Å². The highest BCUT2D eigenvalue weighted by Gasteiger charge is 2.29. The molecule has 110 valence electrons. The molecule has 20 heavy (non-hydrogen) atoms. The van der Waals surface area contributed by atoms with E-state index in [0.717, 1.165) is 19.5 Å². The zero-order chi connectivity index (χ0) is 14.7. The number of nitrogens with one attached hydrogen (secondary N) is 1. The molecule has 5 nitrogen and oxygen atoms in total. The summed E-state index contributed by atoms with van der Waals surface area (Å²) >= 11 is 0. The predicted molar refractivity (Wildman–Crippen MR) is 75.9 cm³/mol. The van der Waals surface area contributed by atoms with Crippen molar-refractivity contribution in [2.75, 3.05) is 31.2 Å². The molecule has 0 aliphatic carbocycles. The van der Waals surface area contributed by atoms with Gasteiger partial charge in [-0.25, -0.2) is 4.39 Å². The molecule has 0 spiro atoms. The Bertz CT molecular complexity index is 495. The lowest BCUT2D eigenvalue weighted by molar-refractivity contribution is -0.120. The standard InChI is InChI=1S/C14H20FN3O2/c1-9(18-6-5-11(8-18)20-2)14(19)17-13-4-3-10(15)7-12(13)16/h3-4,7,9,11H,5-6,8,16H2,1-2H3,(H,17,19). The summed E-state index contributed by atoms with van der Waals surface area (Å²) in [5, 5.41) is 2.73. The number of carbonyl (C=O) groups is 1. The zero-order valence-corrected chi connectivity index (χ0v) is 11.7. The minimum Gasteiger partial charge on any atom is -0.397 e. The van der Waals surface area contributed by atoms with E-state index in [1.807, 2.05) is 6.92 Å². The van der Waals surface area contributed by atoms with Crippen LogP contribution >= 0.6 is 0 Å². The van der Waals surface area contributed by atoms with Crippen LogP contribution in [0.3, 0.4) is 0 Å². The molecule has 3 N–H and O–H groups in total. The number of nitrogens with two attached hydrogens (primary N) is 1. The van der Waals surface area contributed by atoms with Crippen molar-refractivity contribution < 1.29 is 13.9 Å². The van der Waals surface area contributed by atoms with Gasteiger partial charge in [0, 0.05) is 20.2 Å². The molecule has 1 fully saturated rings. The number of hydrogen-bond donors (Lipinski definition) is 2. The maximum absolute atomic E-state index is 13.0. The van der Waals surface area contributed by atoms with Crippen molar-refractivity contribution in [3.05, 3.63) is 24.0 Å². The van der Waals surface area contributed by atoms with Crippen LogP contribution in [0.15, 0.2) is 18.2 Å². The summed E-state index contributed by atoms with van der Waals surface area (Å²) in [6.07, 6.45) is 1.11. The zero-order valence-electron chi connectivity index (χ0n) is 11.7. The fourth-order valence-corrected chi connectivity index (χ4v) is 2.35. The van der Waals surface area contributed by atoms with Gasteiger partial charge in [-0.2, -0.15) is 0 Å². The van der Waals surface area contributed by atoms with Crippen molar-refractivity contribution in [1.29, 1.82) is 0 Å². The largest absolute Gasteiger partial charge is 0.397 e. The van der Waals surface area contributed by atoms with Crippen molar-refractivity contribution in [3.63, 3.8) is 0 Å². The van der Waals surface area contributed by atoms with E-state index in [2.05, 4.69) is 10.2 Å². The summed E-state index contributed by atoms with van der Waals surface area (Å²) in [5.41, 5.74) is 6.34. The first-order valence-electron chi connectivity index (χ1n) is 6.64. The summed E-state index contributed by atoms with van der Waals surface area (Å²) in [7, 11) is 1.68. The van der Waals surface area contributed by atoms with E-state index in [0.29, 0.717) is 5.69 Å². The molecule has 0 bridgehead atoms. The Morgan fingerprint density at radius 1 is 1.60 bits per heavy atom. The maximum atomic E-state index is 13.0. The van der Waals surface area contributed by atoms with E-state index in [-0.39, 0.29) is 23.7 Å². The van der Waals surface area contributed by atoms with Crippen LogP contribution in [0.25, 0.3) is 0 Å². The lowest BCUT2D eigenvalue weighted by Crippen LogP contribution is -2.41. The summed E-state index contributed by atoms with van der Waals surface area (Å²) in [6.45, 7) is 3.41. The number of methoxy groups -OCH3 is 1. The Kier molecular flexibility index (Phi) is 4.57. The molecule has 1 heterocycles. The number of likely N-dealkylation sites (tertiary alicyclic amines) is 1. The average molecular weight is 281 g/mol. The van der Waals surface area contributed by atoms with E-state index in [4.69, 9.17) is 10.5 Å². The number of anilines is 2. The third-order valence-corrected chi connectivity index (χ3v) is 3.71. The van der Waals surface area contributed by atoms with Crippen LogP contribution in [0, 0.1) is 5.82 Å². The predicted octanol–water partition coefficient (Wildman–Crippen LogP) is 1.46. The molecule has 1 amide bonds.